The van der Waals surface area contributed by atoms with Gasteiger partial charge in [-0.1, -0.05) is 17.7 Å². The number of hydrogen-bond acceptors (Lipinski definition) is 3. The second kappa shape index (κ2) is 6.77. The van der Waals surface area contributed by atoms with Gasteiger partial charge in [0.15, 0.2) is 5.69 Å². The molecule has 1 amide bonds. The first-order valence-electron chi connectivity index (χ1n) is 8.62. The summed E-state index contributed by atoms with van der Waals surface area (Å²) in [5, 5.41) is 16.8. The zero-order valence-corrected chi connectivity index (χ0v) is 14.6. The van der Waals surface area contributed by atoms with Gasteiger partial charge in [0.05, 0.1) is 11.8 Å². The molecule has 1 unspecified atom stereocenters. The molecule has 1 aromatic carbocycles. The van der Waals surface area contributed by atoms with Crippen LogP contribution in [0, 0.1) is 13.8 Å². The molecule has 0 saturated heterocycles. The second-order valence-corrected chi connectivity index (χ2v) is 6.72. The van der Waals surface area contributed by atoms with Gasteiger partial charge in [0, 0.05) is 17.8 Å². The van der Waals surface area contributed by atoms with Gasteiger partial charge in [-0.2, -0.15) is 5.10 Å². The summed E-state index contributed by atoms with van der Waals surface area (Å²) in [7, 11) is 0. The minimum absolute atomic E-state index is 0.141. The Kier molecular flexibility index (Phi) is 4.71. The van der Waals surface area contributed by atoms with Gasteiger partial charge in [0.25, 0.3) is 5.91 Å². The fourth-order valence-electron chi connectivity index (χ4n) is 3.34. The lowest BCUT2D eigenvalue weighted by Gasteiger charge is -2.10. The normalized spacial score (nSPS) is 14.5. The van der Waals surface area contributed by atoms with Crippen molar-refractivity contribution in [1.29, 1.82) is 0 Å². The molecule has 0 bridgehead atoms. The van der Waals surface area contributed by atoms with Crippen molar-refractivity contribution in [2.45, 2.75) is 52.6 Å². The van der Waals surface area contributed by atoms with Gasteiger partial charge in [-0.25, -0.2) is 4.68 Å². The van der Waals surface area contributed by atoms with E-state index < -0.39 is 6.10 Å². The zero-order chi connectivity index (χ0) is 17.3. The largest absolute Gasteiger partial charge is 0.393 e. The maximum Gasteiger partial charge on any atom is 0.272 e. The lowest BCUT2D eigenvalue weighted by Crippen LogP contribution is -2.27. The van der Waals surface area contributed by atoms with Crippen molar-refractivity contribution in [2.75, 3.05) is 6.54 Å². The monoisotopic (exact) mass is 327 g/mol. The standard InChI is InChI=1S/C19H25N3O2/c1-12-7-8-16(13(2)11-12)22-17-6-4-5-15(17)18(21-22)19(24)20-10-9-14(3)23/h7-8,11,14,23H,4-6,9-10H2,1-3H3,(H,20,24). The molecule has 0 saturated carbocycles. The summed E-state index contributed by atoms with van der Waals surface area (Å²) in [5.74, 6) is -0.141. The van der Waals surface area contributed by atoms with Crippen LogP contribution in [-0.2, 0) is 12.8 Å². The Morgan fingerprint density at radius 1 is 1.38 bits per heavy atom. The molecule has 2 N–H and O–H groups in total. The van der Waals surface area contributed by atoms with Crippen molar-refractivity contribution in [2.24, 2.45) is 0 Å². The van der Waals surface area contributed by atoms with Crippen LogP contribution in [0.25, 0.3) is 5.69 Å². The van der Waals surface area contributed by atoms with Gasteiger partial charge in [0.2, 0.25) is 0 Å². The Balaban J connectivity index is 1.91. The Labute approximate surface area is 142 Å². The van der Waals surface area contributed by atoms with Crippen LogP contribution in [0.15, 0.2) is 18.2 Å². The summed E-state index contributed by atoms with van der Waals surface area (Å²) < 4.78 is 1.95. The molecule has 1 aromatic heterocycles. The summed E-state index contributed by atoms with van der Waals surface area (Å²) in [6.07, 6.45) is 3.05. The number of hydrogen-bond donors (Lipinski definition) is 2. The molecule has 0 aliphatic heterocycles. The van der Waals surface area contributed by atoms with Crippen molar-refractivity contribution < 1.29 is 9.90 Å². The number of nitrogens with one attached hydrogen (secondary N) is 1. The molecule has 0 radical (unpaired) electrons. The van der Waals surface area contributed by atoms with E-state index in [1.165, 1.54) is 5.56 Å². The summed E-state index contributed by atoms with van der Waals surface area (Å²) in [4.78, 5) is 12.5. The highest BCUT2D eigenvalue weighted by Crippen LogP contribution is 2.29. The van der Waals surface area contributed by atoms with Crippen LogP contribution in [0.3, 0.4) is 0 Å². The highest BCUT2D eigenvalue weighted by Gasteiger charge is 2.27. The highest BCUT2D eigenvalue weighted by atomic mass is 16.3. The van der Waals surface area contributed by atoms with Crippen molar-refractivity contribution in [3.63, 3.8) is 0 Å². The predicted molar refractivity (Wildman–Crippen MR) is 93.7 cm³/mol. The number of aliphatic hydroxyl groups excluding tert-OH is 1. The number of benzene rings is 1. The van der Waals surface area contributed by atoms with Gasteiger partial charge in [-0.05, 0) is 58.1 Å². The number of fused-ring (bicyclic) bond motifs is 1. The first-order chi connectivity index (χ1) is 11.5. The molecule has 3 rings (SSSR count). The number of aliphatic hydroxyl groups is 1. The molecule has 2 aromatic rings. The summed E-state index contributed by atoms with van der Waals surface area (Å²) in [5.41, 5.74) is 6.19. The van der Waals surface area contributed by atoms with Crippen molar-refractivity contribution in [1.82, 2.24) is 15.1 Å². The lowest BCUT2D eigenvalue weighted by molar-refractivity contribution is 0.0939. The molecular weight excluding hydrogens is 302 g/mol. The van der Waals surface area contributed by atoms with Crippen LogP contribution in [0.4, 0.5) is 0 Å². The average molecular weight is 327 g/mol. The van der Waals surface area contributed by atoms with E-state index in [2.05, 4.69) is 42.5 Å². The maximum atomic E-state index is 12.5. The molecule has 5 heteroatoms. The van der Waals surface area contributed by atoms with Crippen LogP contribution in [0.1, 0.15) is 52.6 Å². The third kappa shape index (κ3) is 3.22. The van der Waals surface area contributed by atoms with Crippen molar-refractivity contribution in [3.05, 3.63) is 46.3 Å². The topological polar surface area (TPSA) is 67.2 Å². The SMILES string of the molecule is Cc1ccc(-n2nc(C(=O)NCCC(C)O)c3c2CCC3)c(C)c1. The minimum Gasteiger partial charge on any atom is -0.393 e. The molecule has 5 nitrogen and oxygen atoms in total. The quantitative estimate of drug-likeness (QED) is 0.886. The number of nitrogens with zero attached hydrogens (tertiary/aromatic N) is 2. The summed E-state index contributed by atoms with van der Waals surface area (Å²) >= 11 is 0. The van der Waals surface area contributed by atoms with Crippen molar-refractivity contribution in [3.8, 4) is 5.69 Å². The summed E-state index contributed by atoms with van der Waals surface area (Å²) in [6.45, 7) is 6.33. The van der Waals surface area contributed by atoms with E-state index in [0.29, 0.717) is 18.7 Å². The van der Waals surface area contributed by atoms with E-state index in [-0.39, 0.29) is 5.91 Å². The second-order valence-electron chi connectivity index (χ2n) is 6.72. The molecular formula is C19H25N3O2. The maximum absolute atomic E-state index is 12.5. The molecule has 128 valence electrons. The molecule has 1 aliphatic rings. The van der Waals surface area contributed by atoms with Crippen LogP contribution >= 0.6 is 0 Å². The Morgan fingerprint density at radius 2 is 2.17 bits per heavy atom. The third-order valence-electron chi connectivity index (χ3n) is 4.57. The van der Waals surface area contributed by atoms with Crippen LogP contribution in [0.2, 0.25) is 0 Å². The summed E-state index contributed by atoms with van der Waals surface area (Å²) in [6, 6.07) is 6.29. The third-order valence-corrected chi connectivity index (χ3v) is 4.57. The fourth-order valence-corrected chi connectivity index (χ4v) is 3.34. The average Bonchev–Trinajstić information content (AvgIpc) is 3.09. The highest BCUT2D eigenvalue weighted by molar-refractivity contribution is 5.94. The Morgan fingerprint density at radius 3 is 2.88 bits per heavy atom. The number of carbonyl (C=O) groups is 1. The van der Waals surface area contributed by atoms with Gasteiger partial charge in [-0.3, -0.25) is 4.79 Å². The number of amides is 1. The number of aryl methyl sites for hydroxylation is 2. The van der Waals surface area contributed by atoms with Gasteiger partial charge >= 0.3 is 0 Å². The molecule has 0 fully saturated rings. The van der Waals surface area contributed by atoms with Crippen LogP contribution < -0.4 is 5.32 Å². The van der Waals surface area contributed by atoms with Crippen LogP contribution in [-0.4, -0.2) is 33.4 Å². The Hall–Kier alpha value is -2.14. The molecule has 1 atom stereocenters. The minimum atomic E-state index is -0.413. The first kappa shape index (κ1) is 16.7. The van der Waals surface area contributed by atoms with Gasteiger partial charge < -0.3 is 10.4 Å². The zero-order valence-electron chi connectivity index (χ0n) is 14.6. The number of carbonyl (C=O) groups excluding carboxylic acids is 1. The van der Waals surface area contributed by atoms with E-state index >= 15 is 0 Å². The van der Waals surface area contributed by atoms with Gasteiger partial charge in [-0.15, -0.1) is 0 Å². The molecule has 0 spiro atoms. The van der Waals surface area contributed by atoms with Gasteiger partial charge in [0.1, 0.15) is 0 Å². The number of aromatic nitrogens is 2. The molecule has 24 heavy (non-hydrogen) atoms. The first-order valence-corrected chi connectivity index (χ1v) is 8.62. The van der Waals surface area contributed by atoms with E-state index in [1.807, 2.05) is 4.68 Å². The van der Waals surface area contributed by atoms with E-state index in [1.54, 1.807) is 6.92 Å². The van der Waals surface area contributed by atoms with Crippen molar-refractivity contribution >= 4 is 5.91 Å². The van der Waals surface area contributed by atoms with E-state index in [9.17, 15) is 9.90 Å². The van der Waals surface area contributed by atoms with Crippen LogP contribution in [0.5, 0.6) is 0 Å². The Bertz CT molecular complexity index is 762. The molecule has 1 aliphatic carbocycles. The lowest BCUT2D eigenvalue weighted by atomic mass is 10.1. The predicted octanol–water partition coefficient (Wildman–Crippen LogP) is 2.48. The van der Waals surface area contributed by atoms with E-state index in [0.717, 1.165) is 41.8 Å². The molecule has 1 heterocycles. The van der Waals surface area contributed by atoms with E-state index in [4.69, 9.17) is 0 Å². The fraction of sp³-hybridized carbons (Fsp3) is 0.474. The smallest absolute Gasteiger partial charge is 0.272 e. The number of rotatable bonds is 5.